The monoisotopic (exact) mass is 130 g/mol. The fourth-order valence-corrected chi connectivity index (χ4v) is 0.405. The topological polar surface area (TPSA) is 75.7 Å². The summed E-state index contributed by atoms with van der Waals surface area (Å²) in [4.78, 5) is 13.7. The molecule has 52 valence electrons. The zero-order chi connectivity index (χ0) is 7.28. The number of carboxylic acid groups (broad SMARTS) is 1. The smallest absolute Gasteiger partial charge is 0.313 e. The summed E-state index contributed by atoms with van der Waals surface area (Å²) < 4.78 is 0. The lowest BCUT2D eigenvalue weighted by atomic mass is 10.2. The van der Waals surface area contributed by atoms with Crippen molar-refractivity contribution in [1.29, 1.82) is 0 Å². The van der Waals surface area contributed by atoms with E-state index < -0.39 is 11.9 Å². The average molecular weight is 130 g/mol. The molecule has 0 aromatic heterocycles. The standard InChI is InChI=1S/C5H10N2O2/c1-7-3-4(2-6)5(8)9/h3-4H,2,6H2,1H3,(H,8,9). The van der Waals surface area contributed by atoms with Crippen molar-refractivity contribution in [3.05, 3.63) is 0 Å². The molecule has 9 heavy (non-hydrogen) atoms. The third kappa shape index (κ3) is 2.81. The Kier molecular flexibility index (Phi) is 3.62. The van der Waals surface area contributed by atoms with E-state index in [4.69, 9.17) is 10.8 Å². The van der Waals surface area contributed by atoms with E-state index in [1.165, 1.54) is 13.3 Å². The highest BCUT2D eigenvalue weighted by atomic mass is 16.4. The summed E-state index contributed by atoms with van der Waals surface area (Å²) in [7, 11) is 1.52. The summed E-state index contributed by atoms with van der Waals surface area (Å²) in [6.45, 7) is 0.104. The molecule has 0 saturated heterocycles. The van der Waals surface area contributed by atoms with E-state index in [0.717, 1.165) is 0 Å². The van der Waals surface area contributed by atoms with Crippen LogP contribution in [-0.2, 0) is 4.79 Å². The summed E-state index contributed by atoms with van der Waals surface area (Å²) in [6, 6.07) is 0. The molecule has 0 aliphatic carbocycles. The van der Waals surface area contributed by atoms with Crippen LogP contribution < -0.4 is 5.73 Å². The predicted molar refractivity (Wildman–Crippen MR) is 34.6 cm³/mol. The van der Waals surface area contributed by atoms with E-state index in [-0.39, 0.29) is 6.54 Å². The third-order valence-corrected chi connectivity index (χ3v) is 0.900. The minimum absolute atomic E-state index is 0.104. The Labute approximate surface area is 53.4 Å². The quantitative estimate of drug-likeness (QED) is 0.498. The van der Waals surface area contributed by atoms with Gasteiger partial charge in [-0.15, -0.1) is 0 Å². The maximum absolute atomic E-state index is 10.1. The summed E-state index contributed by atoms with van der Waals surface area (Å²) >= 11 is 0. The van der Waals surface area contributed by atoms with Gasteiger partial charge in [-0.1, -0.05) is 0 Å². The van der Waals surface area contributed by atoms with Crippen LogP contribution in [0.15, 0.2) is 4.99 Å². The number of nitrogens with two attached hydrogens (primary N) is 1. The average Bonchev–Trinajstić information content (AvgIpc) is 1.82. The Balaban J connectivity index is 3.83. The summed E-state index contributed by atoms with van der Waals surface area (Å²) in [5, 5.41) is 8.33. The molecule has 0 saturated carbocycles. The lowest BCUT2D eigenvalue weighted by Crippen LogP contribution is -2.24. The Morgan fingerprint density at radius 3 is 2.67 bits per heavy atom. The molecule has 4 nitrogen and oxygen atoms in total. The van der Waals surface area contributed by atoms with Gasteiger partial charge in [0.1, 0.15) is 5.92 Å². The summed E-state index contributed by atoms with van der Waals surface area (Å²) in [6.07, 6.45) is 1.32. The maximum Gasteiger partial charge on any atom is 0.313 e. The van der Waals surface area contributed by atoms with E-state index in [9.17, 15) is 4.79 Å². The molecule has 0 aliphatic heterocycles. The van der Waals surface area contributed by atoms with Gasteiger partial charge >= 0.3 is 5.97 Å². The number of nitrogens with zero attached hydrogens (tertiary/aromatic N) is 1. The van der Waals surface area contributed by atoms with E-state index >= 15 is 0 Å². The normalized spacial score (nSPS) is 14.0. The molecular formula is C5H10N2O2. The highest BCUT2D eigenvalue weighted by molar-refractivity contribution is 5.88. The number of aliphatic imine (C=N–C) groups is 1. The van der Waals surface area contributed by atoms with Gasteiger partial charge < -0.3 is 10.8 Å². The van der Waals surface area contributed by atoms with Crippen molar-refractivity contribution in [3.63, 3.8) is 0 Å². The zero-order valence-corrected chi connectivity index (χ0v) is 5.24. The van der Waals surface area contributed by atoms with Crippen LogP contribution in [0.25, 0.3) is 0 Å². The number of hydrogen-bond acceptors (Lipinski definition) is 3. The predicted octanol–water partition coefficient (Wildman–Crippen LogP) is -0.653. The fraction of sp³-hybridized carbons (Fsp3) is 0.600. The third-order valence-electron chi connectivity index (χ3n) is 0.900. The first-order chi connectivity index (χ1) is 4.22. The van der Waals surface area contributed by atoms with Crippen molar-refractivity contribution in [2.24, 2.45) is 16.6 Å². The van der Waals surface area contributed by atoms with Crippen LogP contribution in [0, 0.1) is 5.92 Å². The second-order valence-electron chi connectivity index (χ2n) is 1.59. The van der Waals surface area contributed by atoms with Crippen LogP contribution in [0.2, 0.25) is 0 Å². The molecule has 0 spiro atoms. The first-order valence-corrected chi connectivity index (χ1v) is 2.57. The second-order valence-corrected chi connectivity index (χ2v) is 1.59. The SMILES string of the molecule is CN=CC(CN)C(=O)O. The number of aliphatic carboxylic acids is 1. The van der Waals surface area contributed by atoms with Gasteiger partial charge in [0.2, 0.25) is 0 Å². The molecule has 0 radical (unpaired) electrons. The largest absolute Gasteiger partial charge is 0.481 e. The number of carboxylic acids is 1. The van der Waals surface area contributed by atoms with Crippen molar-refractivity contribution in [3.8, 4) is 0 Å². The molecule has 1 atom stereocenters. The number of hydrogen-bond donors (Lipinski definition) is 2. The van der Waals surface area contributed by atoms with Gasteiger partial charge in [0.15, 0.2) is 0 Å². The van der Waals surface area contributed by atoms with Gasteiger partial charge in [0.05, 0.1) is 0 Å². The van der Waals surface area contributed by atoms with Crippen LogP contribution >= 0.6 is 0 Å². The molecule has 4 heteroatoms. The first kappa shape index (κ1) is 8.10. The van der Waals surface area contributed by atoms with Crippen LogP contribution in [0.5, 0.6) is 0 Å². The second kappa shape index (κ2) is 4.03. The van der Waals surface area contributed by atoms with Crippen LogP contribution in [0.3, 0.4) is 0 Å². The molecule has 0 bridgehead atoms. The van der Waals surface area contributed by atoms with Crippen molar-refractivity contribution < 1.29 is 9.90 Å². The Hall–Kier alpha value is -0.900. The van der Waals surface area contributed by atoms with E-state index in [0.29, 0.717) is 0 Å². The minimum atomic E-state index is -0.928. The molecule has 0 aliphatic rings. The number of rotatable bonds is 3. The molecular weight excluding hydrogens is 120 g/mol. The Bertz CT molecular complexity index is 122. The van der Waals surface area contributed by atoms with Crippen LogP contribution in [0.1, 0.15) is 0 Å². The van der Waals surface area contributed by atoms with Crippen molar-refractivity contribution >= 4 is 12.2 Å². The van der Waals surface area contributed by atoms with Gasteiger partial charge in [0, 0.05) is 19.8 Å². The molecule has 0 fully saturated rings. The molecule has 1 unspecified atom stereocenters. The molecule has 0 amide bonds. The van der Waals surface area contributed by atoms with Gasteiger partial charge in [-0.25, -0.2) is 0 Å². The Morgan fingerprint density at radius 2 is 2.56 bits per heavy atom. The van der Waals surface area contributed by atoms with Crippen molar-refractivity contribution in [2.75, 3.05) is 13.6 Å². The lowest BCUT2D eigenvalue weighted by molar-refractivity contribution is -0.138. The maximum atomic E-state index is 10.1. The molecule has 0 aromatic rings. The molecule has 0 rings (SSSR count). The molecule has 3 N–H and O–H groups in total. The Morgan fingerprint density at radius 1 is 2.00 bits per heavy atom. The van der Waals surface area contributed by atoms with E-state index in [2.05, 4.69) is 4.99 Å². The van der Waals surface area contributed by atoms with Crippen molar-refractivity contribution in [2.45, 2.75) is 0 Å². The number of carbonyl (C=O) groups is 1. The minimum Gasteiger partial charge on any atom is -0.481 e. The highest BCUT2D eigenvalue weighted by Crippen LogP contribution is 1.87. The molecule has 0 heterocycles. The van der Waals surface area contributed by atoms with Gasteiger partial charge in [-0.3, -0.25) is 9.79 Å². The van der Waals surface area contributed by atoms with Crippen LogP contribution in [0.4, 0.5) is 0 Å². The summed E-state index contributed by atoms with van der Waals surface area (Å²) in [5.74, 6) is -1.56. The molecule has 0 aromatic carbocycles. The van der Waals surface area contributed by atoms with E-state index in [1.54, 1.807) is 0 Å². The first-order valence-electron chi connectivity index (χ1n) is 2.57. The lowest BCUT2D eigenvalue weighted by Gasteiger charge is -1.99. The van der Waals surface area contributed by atoms with Gasteiger partial charge in [-0.2, -0.15) is 0 Å². The zero-order valence-electron chi connectivity index (χ0n) is 5.24. The van der Waals surface area contributed by atoms with Crippen molar-refractivity contribution in [1.82, 2.24) is 0 Å². The summed E-state index contributed by atoms with van der Waals surface area (Å²) in [5.41, 5.74) is 5.09. The van der Waals surface area contributed by atoms with Crippen LogP contribution in [-0.4, -0.2) is 30.9 Å². The van der Waals surface area contributed by atoms with Gasteiger partial charge in [0.25, 0.3) is 0 Å². The van der Waals surface area contributed by atoms with E-state index in [1.807, 2.05) is 0 Å². The van der Waals surface area contributed by atoms with Gasteiger partial charge in [-0.05, 0) is 0 Å². The fourth-order valence-electron chi connectivity index (χ4n) is 0.405. The highest BCUT2D eigenvalue weighted by Gasteiger charge is 2.10.